The molecule has 2 aromatic rings. The Morgan fingerprint density at radius 2 is 2.35 bits per heavy atom. The van der Waals surface area contributed by atoms with E-state index in [0.29, 0.717) is 24.5 Å². The SMILES string of the molecule is CCC1CN(C(=O)Cc2csc(C)n2)Cc2ccc(Cl)cc2O1. The largest absolute Gasteiger partial charge is 0.488 e. The van der Waals surface area contributed by atoms with Crippen LogP contribution in [0.15, 0.2) is 23.6 Å². The Hall–Kier alpha value is -1.59. The molecule has 0 aliphatic carbocycles. The number of ether oxygens (including phenoxy) is 1. The molecule has 1 aliphatic heterocycles. The van der Waals surface area contributed by atoms with Crippen LogP contribution in [-0.4, -0.2) is 28.4 Å². The number of fused-ring (bicyclic) bond motifs is 1. The smallest absolute Gasteiger partial charge is 0.229 e. The highest BCUT2D eigenvalue weighted by atomic mass is 35.5. The highest BCUT2D eigenvalue weighted by Crippen LogP contribution is 2.29. The fourth-order valence-electron chi connectivity index (χ4n) is 2.66. The van der Waals surface area contributed by atoms with Crippen LogP contribution in [0.4, 0.5) is 0 Å². The molecule has 4 nitrogen and oxygen atoms in total. The highest BCUT2D eigenvalue weighted by molar-refractivity contribution is 7.09. The van der Waals surface area contributed by atoms with E-state index < -0.39 is 0 Å². The fourth-order valence-corrected chi connectivity index (χ4v) is 3.43. The minimum Gasteiger partial charge on any atom is -0.488 e. The van der Waals surface area contributed by atoms with Crippen LogP contribution in [-0.2, 0) is 17.8 Å². The molecule has 2 heterocycles. The molecule has 1 amide bonds. The number of halogens is 1. The zero-order valence-electron chi connectivity index (χ0n) is 13.2. The number of rotatable bonds is 3. The third-order valence-corrected chi connectivity index (χ3v) is 4.97. The van der Waals surface area contributed by atoms with Crippen LogP contribution < -0.4 is 4.74 Å². The molecule has 3 rings (SSSR count). The van der Waals surface area contributed by atoms with Gasteiger partial charge in [0.2, 0.25) is 5.91 Å². The zero-order valence-corrected chi connectivity index (χ0v) is 14.8. The number of aryl methyl sites for hydroxylation is 1. The van der Waals surface area contributed by atoms with Crippen LogP contribution in [0.25, 0.3) is 0 Å². The van der Waals surface area contributed by atoms with Crippen molar-refractivity contribution in [1.29, 1.82) is 0 Å². The summed E-state index contributed by atoms with van der Waals surface area (Å²) in [4.78, 5) is 18.9. The first-order valence-corrected chi connectivity index (χ1v) is 8.94. The lowest BCUT2D eigenvalue weighted by atomic mass is 10.2. The van der Waals surface area contributed by atoms with Crippen molar-refractivity contribution in [2.24, 2.45) is 0 Å². The fraction of sp³-hybridized carbons (Fsp3) is 0.412. The van der Waals surface area contributed by atoms with Gasteiger partial charge in [0, 0.05) is 22.5 Å². The van der Waals surface area contributed by atoms with Gasteiger partial charge in [0.05, 0.1) is 23.7 Å². The van der Waals surface area contributed by atoms with Crippen molar-refractivity contribution in [1.82, 2.24) is 9.88 Å². The maximum absolute atomic E-state index is 12.7. The molecule has 0 saturated carbocycles. The van der Waals surface area contributed by atoms with Crippen LogP contribution in [0.2, 0.25) is 5.02 Å². The Balaban J connectivity index is 1.81. The van der Waals surface area contributed by atoms with E-state index in [1.165, 1.54) is 0 Å². The number of hydrogen-bond donors (Lipinski definition) is 0. The van der Waals surface area contributed by atoms with Crippen molar-refractivity contribution < 1.29 is 9.53 Å². The van der Waals surface area contributed by atoms with E-state index >= 15 is 0 Å². The lowest BCUT2D eigenvalue weighted by Crippen LogP contribution is -2.37. The Kier molecular flexibility index (Phi) is 4.87. The normalized spacial score (nSPS) is 17.3. The van der Waals surface area contributed by atoms with Crippen LogP contribution >= 0.6 is 22.9 Å². The van der Waals surface area contributed by atoms with Gasteiger partial charge in [-0.1, -0.05) is 24.6 Å². The lowest BCUT2D eigenvalue weighted by Gasteiger charge is -2.23. The minimum atomic E-state index is -0.0177. The molecule has 1 aromatic heterocycles. The first-order chi connectivity index (χ1) is 11.0. The number of hydrogen-bond acceptors (Lipinski definition) is 4. The van der Waals surface area contributed by atoms with Crippen molar-refractivity contribution in [2.45, 2.75) is 39.3 Å². The summed E-state index contributed by atoms with van der Waals surface area (Å²) in [5.41, 5.74) is 1.83. The summed E-state index contributed by atoms with van der Waals surface area (Å²) < 4.78 is 6.03. The van der Waals surface area contributed by atoms with Gasteiger partial charge in [0.25, 0.3) is 0 Å². The van der Waals surface area contributed by atoms with E-state index in [0.717, 1.165) is 28.4 Å². The van der Waals surface area contributed by atoms with Crippen molar-refractivity contribution in [2.75, 3.05) is 6.54 Å². The number of thiazole rings is 1. The van der Waals surface area contributed by atoms with E-state index in [-0.39, 0.29) is 12.0 Å². The van der Waals surface area contributed by atoms with Crippen molar-refractivity contribution in [3.05, 3.63) is 44.9 Å². The Morgan fingerprint density at radius 1 is 1.52 bits per heavy atom. The summed E-state index contributed by atoms with van der Waals surface area (Å²) in [6.45, 7) is 5.15. The van der Waals surface area contributed by atoms with Gasteiger partial charge >= 0.3 is 0 Å². The van der Waals surface area contributed by atoms with E-state index in [1.54, 1.807) is 11.3 Å². The zero-order chi connectivity index (χ0) is 16.4. The van der Waals surface area contributed by atoms with Gasteiger partial charge in [-0.25, -0.2) is 4.98 Å². The average Bonchev–Trinajstić information content (AvgIpc) is 2.83. The minimum absolute atomic E-state index is 0.0177. The molecule has 0 bridgehead atoms. The monoisotopic (exact) mass is 350 g/mol. The van der Waals surface area contributed by atoms with Gasteiger partial charge in [-0.3, -0.25) is 4.79 Å². The topological polar surface area (TPSA) is 42.4 Å². The first-order valence-electron chi connectivity index (χ1n) is 7.69. The van der Waals surface area contributed by atoms with Gasteiger partial charge < -0.3 is 9.64 Å². The van der Waals surface area contributed by atoms with E-state index in [2.05, 4.69) is 11.9 Å². The number of carbonyl (C=O) groups is 1. The van der Waals surface area contributed by atoms with Crippen LogP contribution in [0.1, 0.15) is 29.6 Å². The predicted octanol–water partition coefficient (Wildman–Crippen LogP) is 3.85. The molecule has 1 unspecified atom stereocenters. The molecule has 23 heavy (non-hydrogen) atoms. The summed E-state index contributed by atoms with van der Waals surface area (Å²) in [5.74, 6) is 0.865. The second-order valence-corrected chi connectivity index (χ2v) is 7.21. The molecule has 0 N–H and O–H groups in total. The molecule has 0 radical (unpaired) electrons. The number of benzene rings is 1. The molecule has 0 fully saturated rings. The first kappa shape index (κ1) is 16.3. The molecule has 1 aliphatic rings. The summed E-state index contributed by atoms with van der Waals surface area (Å²) in [5, 5.41) is 3.58. The second kappa shape index (κ2) is 6.89. The lowest BCUT2D eigenvalue weighted by molar-refractivity contribution is -0.132. The standard InChI is InChI=1S/C17H19ClN2O2S/c1-3-15-9-20(17(21)7-14-10-23-11(2)19-14)8-12-4-5-13(18)6-16(12)22-15/h4-6,10,15H,3,7-9H2,1-2H3. The number of amides is 1. The summed E-state index contributed by atoms with van der Waals surface area (Å²) in [7, 11) is 0. The maximum atomic E-state index is 12.7. The number of aromatic nitrogens is 1. The Labute approximate surface area is 145 Å². The van der Waals surface area contributed by atoms with E-state index in [1.807, 2.05) is 35.4 Å². The van der Waals surface area contributed by atoms with Crippen molar-refractivity contribution in [3.8, 4) is 5.75 Å². The van der Waals surface area contributed by atoms with E-state index in [9.17, 15) is 4.79 Å². The molecule has 6 heteroatoms. The quantitative estimate of drug-likeness (QED) is 0.844. The maximum Gasteiger partial charge on any atom is 0.229 e. The van der Waals surface area contributed by atoms with Crippen molar-refractivity contribution in [3.63, 3.8) is 0 Å². The van der Waals surface area contributed by atoms with Crippen LogP contribution in [0.3, 0.4) is 0 Å². The molecular weight excluding hydrogens is 332 g/mol. The third kappa shape index (κ3) is 3.85. The summed E-state index contributed by atoms with van der Waals surface area (Å²) >= 11 is 7.63. The average molecular weight is 351 g/mol. The third-order valence-electron chi connectivity index (χ3n) is 3.92. The Morgan fingerprint density at radius 3 is 3.04 bits per heavy atom. The molecular formula is C17H19ClN2O2S. The second-order valence-electron chi connectivity index (χ2n) is 5.71. The van der Waals surface area contributed by atoms with Gasteiger partial charge in [-0.2, -0.15) is 0 Å². The van der Waals surface area contributed by atoms with Gasteiger partial charge in [-0.05, 0) is 25.5 Å². The molecule has 0 saturated heterocycles. The predicted molar refractivity (Wildman–Crippen MR) is 92.1 cm³/mol. The molecule has 1 atom stereocenters. The summed E-state index contributed by atoms with van der Waals surface area (Å²) in [6.07, 6.45) is 1.16. The van der Waals surface area contributed by atoms with Crippen molar-refractivity contribution >= 4 is 28.8 Å². The van der Waals surface area contributed by atoms with Gasteiger partial charge in [-0.15, -0.1) is 11.3 Å². The van der Waals surface area contributed by atoms with Gasteiger partial charge in [0.15, 0.2) is 0 Å². The molecule has 0 spiro atoms. The van der Waals surface area contributed by atoms with Crippen LogP contribution in [0.5, 0.6) is 5.75 Å². The molecule has 1 aromatic carbocycles. The summed E-state index contributed by atoms with van der Waals surface area (Å²) in [6, 6.07) is 5.60. The number of nitrogens with zero attached hydrogens (tertiary/aromatic N) is 2. The van der Waals surface area contributed by atoms with Crippen LogP contribution in [0, 0.1) is 6.92 Å². The van der Waals surface area contributed by atoms with E-state index in [4.69, 9.17) is 16.3 Å². The number of carbonyl (C=O) groups excluding carboxylic acids is 1. The molecule has 122 valence electrons. The van der Waals surface area contributed by atoms with Gasteiger partial charge in [0.1, 0.15) is 11.9 Å². The Bertz CT molecular complexity index is 716. The highest BCUT2D eigenvalue weighted by Gasteiger charge is 2.25.